The molecule has 2 aromatic carbocycles. The summed E-state index contributed by atoms with van der Waals surface area (Å²) in [4.78, 5) is 36.8. The molecule has 3 N–H and O–H groups in total. The first-order valence-corrected chi connectivity index (χ1v) is 16.4. The van der Waals surface area contributed by atoms with Crippen LogP contribution in [0.2, 0.25) is 0 Å². The minimum Gasteiger partial charge on any atom is -0.508 e. The molecule has 11 heteroatoms. The van der Waals surface area contributed by atoms with Crippen molar-refractivity contribution in [3.05, 3.63) is 101 Å². The molecular formula is C37H40FN5O5. The second-order valence-electron chi connectivity index (χ2n) is 12.4. The molecule has 0 radical (unpaired) electrons. The van der Waals surface area contributed by atoms with Gasteiger partial charge in [-0.25, -0.2) is 14.4 Å². The number of phenolic OH excluding ortho intramolecular Hbond substituents is 1. The highest BCUT2D eigenvalue weighted by Crippen LogP contribution is 2.33. The van der Waals surface area contributed by atoms with Crippen LogP contribution >= 0.6 is 0 Å². The zero-order chi connectivity index (χ0) is 33.5. The van der Waals surface area contributed by atoms with Crippen LogP contribution in [-0.4, -0.2) is 70.2 Å². The van der Waals surface area contributed by atoms with Crippen molar-refractivity contribution in [1.82, 2.24) is 25.5 Å². The molecular weight excluding hydrogens is 613 g/mol. The topological polar surface area (TPSA) is 126 Å². The molecule has 1 saturated carbocycles. The van der Waals surface area contributed by atoms with Gasteiger partial charge in [0.05, 0.1) is 12.8 Å². The summed E-state index contributed by atoms with van der Waals surface area (Å²) < 4.78 is 26.1. The van der Waals surface area contributed by atoms with E-state index in [2.05, 4.69) is 25.5 Å². The molecule has 2 aliphatic rings. The van der Waals surface area contributed by atoms with Crippen LogP contribution in [0.15, 0.2) is 72.9 Å². The number of benzene rings is 2. The summed E-state index contributed by atoms with van der Waals surface area (Å²) in [5, 5.41) is 16.3. The maximum atomic E-state index is 14.4. The van der Waals surface area contributed by atoms with Crippen LogP contribution < -0.4 is 15.4 Å². The summed E-state index contributed by atoms with van der Waals surface area (Å²) in [7, 11) is 0. The number of pyridine rings is 2. The Labute approximate surface area is 279 Å². The van der Waals surface area contributed by atoms with Gasteiger partial charge in [0.2, 0.25) is 5.88 Å². The van der Waals surface area contributed by atoms with Crippen LogP contribution in [0.5, 0.6) is 17.4 Å². The Kier molecular flexibility index (Phi) is 10.6. The molecule has 1 aliphatic heterocycles. The summed E-state index contributed by atoms with van der Waals surface area (Å²) in [5.41, 5.74) is 3.93. The molecule has 2 amide bonds. The molecule has 2 aromatic heterocycles. The van der Waals surface area contributed by atoms with E-state index in [0.717, 1.165) is 60.8 Å². The minimum atomic E-state index is -0.648. The number of nitrogens with one attached hydrogen (secondary N) is 2. The minimum absolute atomic E-state index is 0.00458. The molecule has 48 heavy (non-hydrogen) atoms. The number of nitrogens with zero attached hydrogens (tertiary/aromatic N) is 3. The molecule has 250 valence electrons. The van der Waals surface area contributed by atoms with Gasteiger partial charge in [-0.2, -0.15) is 0 Å². The third-order valence-electron chi connectivity index (χ3n) is 8.74. The van der Waals surface area contributed by atoms with Crippen molar-refractivity contribution in [2.24, 2.45) is 0 Å². The Morgan fingerprint density at radius 3 is 2.52 bits per heavy atom. The molecule has 0 bridgehead atoms. The average Bonchev–Trinajstić information content (AvgIpc) is 3.35. The van der Waals surface area contributed by atoms with Crippen LogP contribution in [0.3, 0.4) is 0 Å². The van der Waals surface area contributed by atoms with Crippen molar-refractivity contribution in [2.75, 3.05) is 26.3 Å². The Bertz CT molecular complexity index is 1750. The number of hydrogen-bond donors (Lipinski definition) is 3. The number of ether oxygens (including phenoxy) is 2. The molecule has 0 unspecified atom stereocenters. The fourth-order valence-corrected chi connectivity index (χ4v) is 6.27. The highest BCUT2D eigenvalue weighted by molar-refractivity contribution is 5.96. The lowest BCUT2D eigenvalue weighted by Crippen LogP contribution is -2.44. The second-order valence-corrected chi connectivity index (χ2v) is 12.4. The number of rotatable bonds is 9. The Morgan fingerprint density at radius 2 is 1.73 bits per heavy atom. The third-order valence-corrected chi connectivity index (χ3v) is 8.74. The third kappa shape index (κ3) is 8.53. The average molecular weight is 654 g/mol. The van der Waals surface area contributed by atoms with Gasteiger partial charge in [0.15, 0.2) is 0 Å². The number of phenols is 1. The van der Waals surface area contributed by atoms with Crippen molar-refractivity contribution in [3.63, 3.8) is 0 Å². The fraction of sp³-hybridized carbons (Fsp3) is 0.351. The quantitative estimate of drug-likeness (QED) is 0.208. The summed E-state index contributed by atoms with van der Waals surface area (Å²) in [6, 6.07) is 19.0. The molecule has 2 fully saturated rings. The van der Waals surface area contributed by atoms with Gasteiger partial charge in [0.25, 0.3) is 11.8 Å². The lowest BCUT2D eigenvalue weighted by atomic mass is 9.91. The standard InChI is InChI=1S/C37H40FN5O5/c1-24-5-2-8-34(40-24)36(46)42-29-11-9-28(10-12-29)41-35(45)33-21-27(38)22-39-37(33)48-31-7-3-6-25(20-31)32-14-13-30(44)19-26(32)23-43-15-4-17-47-18-16-43/h2-3,5-8,13-14,19-22,28-29,44H,4,9-12,15-18,23H2,1H3,(H,41,45)(H,42,46). The summed E-state index contributed by atoms with van der Waals surface area (Å²) in [5.74, 6) is -0.722. The van der Waals surface area contributed by atoms with Gasteiger partial charge >= 0.3 is 0 Å². The number of aromatic nitrogens is 2. The van der Waals surface area contributed by atoms with Gasteiger partial charge in [-0.05, 0) is 98.2 Å². The van der Waals surface area contributed by atoms with E-state index in [1.165, 1.54) is 0 Å². The smallest absolute Gasteiger partial charge is 0.270 e. The highest BCUT2D eigenvalue weighted by Gasteiger charge is 2.26. The van der Waals surface area contributed by atoms with Gasteiger partial charge in [-0.1, -0.05) is 24.3 Å². The van der Waals surface area contributed by atoms with Crippen molar-refractivity contribution in [2.45, 2.75) is 57.7 Å². The van der Waals surface area contributed by atoms with Crippen LogP contribution in [0.1, 0.15) is 64.2 Å². The summed E-state index contributed by atoms with van der Waals surface area (Å²) in [6.07, 6.45) is 4.65. The molecule has 3 heterocycles. The number of hydrogen-bond acceptors (Lipinski definition) is 8. The maximum Gasteiger partial charge on any atom is 0.270 e. The van der Waals surface area contributed by atoms with Crippen LogP contribution in [0.4, 0.5) is 4.39 Å². The maximum absolute atomic E-state index is 14.4. The van der Waals surface area contributed by atoms with E-state index in [4.69, 9.17) is 9.47 Å². The Balaban J connectivity index is 1.11. The van der Waals surface area contributed by atoms with Gasteiger partial charge in [0.1, 0.15) is 28.6 Å². The number of aryl methyl sites for hydroxylation is 1. The van der Waals surface area contributed by atoms with E-state index in [9.17, 15) is 19.1 Å². The predicted molar refractivity (Wildman–Crippen MR) is 178 cm³/mol. The van der Waals surface area contributed by atoms with Gasteiger partial charge < -0.3 is 25.2 Å². The first-order valence-electron chi connectivity index (χ1n) is 16.4. The lowest BCUT2D eigenvalue weighted by molar-refractivity contribution is 0.0887. The summed E-state index contributed by atoms with van der Waals surface area (Å²) in [6.45, 7) is 5.62. The molecule has 0 atom stereocenters. The van der Waals surface area contributed by atoms with Crippen molar-refractivity contribution in [3.8, 4) is 28.5 Å². The predicted octanol–water partition coefficient (Wildman–Crippen LogP) is 5.78. The van der Waals surface area contributed by atoms with Gasteiger partial charge in [0, 0.05) is 44.0 Å². The first kappa shape index (κ1) is 33.0. The number of aromatic hydroxyl groups is 1. The highest BCUT2D eigenvalue weighted by atomic mass is 19.1. The van der Waals surface area contributed by atoms with E-state index in [0.29, 0.717) is 50.3 Å². The van der Waals surface area contributed by atoms with E-state index >= 15 is 0 Å². The zero-order valence-corrected chi connectivity index (χ0v) is 27.0. The molecule has 1 aliphatic carbocycles. The molecule has 10 nitrogen and oxygen atoms in total. The Hall–Kier alpha value is -4.87. The van der Waals surface area contributed by atoms with E-state index in [1.807, 2.05) is 37.3 Å². The Morgan fingerprint density at radius 1 is 0.958 bits per heavy atom. The van der Waals surface area contributed by atoms with Gasteiger partial charge in [-0.3, -0.25) is 14.5 Å². The van der Waals surface area contributed by atoms with Crippen molar-refractivity contribution in [1.29, 1.82) is 0 Å². The SMILES string of the molecule is Cc1cccc(C(=O)NC2CCC(NC(=O)c3cc(F)cnc3Oc3cccc(-c4ccc(O)cc4CN4CCCOCC4)c3)CC2)n1. The van der Waals surface area contributed by atoms with Crippen molar-refractivity contribution < 1.29 is 28.6 Å². The molecule has 6 rings (SSSR count). The summed E-state index contributed by atoms with van der Waals surface area (Å²) >= 11 is 0. The largest absolute Gasteiger partial charge is 0.508 e. The van der Waals surface area contributed by atoms with Gasteiger partial charge in [-0.15, -0.1) is 0 Å². The van der Waals surface area contributed by atoms with E-state index in [1.54, 1.807) is 30.3 Å². The molecule has 4 aromatic rings. The van der Waals surface area contributed by atoms with E-state index < -0.39 is 11.7 Å². The zero-order valence-electron chi connectivity index (χ0n) is 27.0. The number of halogens is 1. The number of carbonyl (C=O) groups is 2. The number of amides is 2. The molecule has 1 saturated heterocycles. The van der Waals surface area contributed by atoms with Crippen LogP contribution in [0, 0.1) is 12.7 Å². The molecule has 0 spiro atoms. The lowest BCUT2D eigenvalue weighted by Gasteiger charge is -2.29. The van der Waals surface area contributed by atoms with Crippen molar-refractivity contribution >= 4 is 11.8 Å². The van der Waals surface area contributed by atoms with Crippen LogP contribution in [0.25, 0.3) is 11.1 Å². The van der Waals surface area contributed by atoms with Crippen LogP contribution in [-0.2, 0) is 11.3 Å². The fourth-order valence-electron chi connectivity index (χ4n) is 6.27. The monoisotopic (exact) mass is 653 g/mol. The number of carbonyl (C=O) groups excluding carboxylic acids is 2. The first-order chi connectivity index (χ1) is 23.3. The van der Waals surface area contributed by atoms with E-state index in [-0.39, 0.29) is 35.2 Å². The second kappa shape index (κ2) is 15.4. The normalized spacial score (nSPS) is 18.5.